The van der Waals surface area contributed by atoms with Crippen molar-refractivity contribution in [2.45, 2.75) is 341 Å². The van der Waals surface area contributed by atoms with E-state index in [1.807, 2.05) is 12.2 Å². The molecule has 0 heterocycles. The number of aliphatic hydroxyl groups is 1. The van der Waals surface area contributed by atoms with Crippen LogP contribution in [0.3, 0.4) is 0 Å². The summed E-state index contributed by atoms with van der Waals surface area (Å²) in [7, 11) is -9.96. The van der Waals surface area contributed by atoms with Crippen LogP contribution in [-0.4, -0.2) is 96.7 Å². The second-order valence-corrected chi connectivity index (χ2v) is 28.5. The van der Waals surface area contributed by atoms with Crippen molar-refractivity contribution in [2.75, 3.05) is 39.6 Å². The average Bonchev–Trinajstić information content (AvgIpc) is 0.986. The first kappa shape index (κ1) is 94.0. The molecule has 566 valence electrons. The number of allylic oxidation sites excluding steroid dienone is 16. The molecule has 0 saturated carbocycles. The molecular weight excluding hydrogens is 1280 g/mol. The van der Waals surface area contributed by atoms with Gasteiger partial charge in [-0.3, -0.25) is 37.3 Å². The molecule has 0 radical (unpaired) electrons. The topological polar surface area (TPSA) is 237 Å². The Morgan fingerprint density at radius 2 is 0.541 bits per heavy atom. The lowest BCUT2D eigenvalue weighted by atomic mass is 10.1. The molecule has 0 saturated heterocycles. The molecule has 0 amide bonds. The SMILES string of the molecule is CC/C=C\C/C=C\C/C=C\C/C=C\C/C=C\CCCC(=O)OCC(COP(=O)(O)OCC(O)COP(=O)(O)OCC(COC(=O)CCCCCCC/C=C\C/C=C\CCCCC)OC(=O)CCCCCCCCCCCCC)OC(=O)CCCCCCC/C=C\CCCCCCCC. The molecule has 5 atom stereocenters. The van der Waals surface area contributed by atoms with Crippen molar-refractivity contribution in [3.05, 3.63) is 97.2 Å². The lowest BCUT2D eigenvalue weighted by Gasteiger charge is -2.21. The van der Waals surface area contributed by atoms with E-state index in [1.165, 1.54) is 96.3 Å². The Balaban J connectivity index is 5.38. The zero-order valence-electron chi connectivity index (χ0n) is 61.7. The third-order valence-corrected chi connectivity index (χ3v) is 17.9. The van der Waals surface area contributed by atoms with Crippen molar-refractivity contribution in [2.24, 2.45) is 0 Å². The molecule has 0 aliphatic heterocycles. The van der Waals surface area contributed by atoms with Gasteiger partial charge in [-0.05, 0) is 122 Å². The predicted octanol–water partition coefficient (Wildman–Crippen LogP) is 22.0. The summed E-state index contributed by atoms with van der Waals surface area (Å²) in [4.78, 5) is 72.8. The van der Waals surface area contributed by atoms with Crippen LogP contribution < -0.4 is 0 Å². The van der Waals surface area contributed by atoms with Gasteiger partial charge in [0.15, 0.2) is 12.2 Å². The van der Waals surface area contributed by atoms with Gasteiger partial charge in [-0.25, -0.2) is 9.13 Å². The van der Waals surface area contributed by atoms with Crippen LogP contribution in [0.2, 0.25) is 0 Å². The number of carbonyl (C=O) groups is 4. The first-order chi connectivity index (χ1) is 47.7. The van der Waals surface area contributed by atoms with E-state index >= 15 is 0 Å². The summed E-state index contributed by atoms with van der Waals surface area (Å²) in [6.45, 7) is 4.65. The highest BCUT2D eigenvalue weighted by Gasteiger charge is 2.30. The molecule has 0 aromatic carbocycles. The Hall–Kier alpha value is -4.02. The van der Waals surface area contributed by atoms with Gasteiger partial charge in [-0.2, -0.15) is 0 Å². The van der Waals surface area contributed by atoms with E-state index in [4.69, 9.17) is 37.0 Å². The number of hydrogen-bond donors (Lipinski definition) is 3. The van der Waals surface area contributed by atoms with Gasteiger partial charge in [0.1, 0.15) is 19.3 Å². The van der Waals surface area contributed by atoms with Crippen LogP contribution in [0.5, 0.6) is 0 Å². The van der Waals surface area contributed by atoms with Crippen LogP contribution in [0.25, 0.3) is 0 Å². The number of carbonyl (C=O) groups excluding carboxylic acids is 4. The fraction of sp³-hybridized carbons (Fsp3) is 0.747. The zero-order chi connectivity index (χ0) is 71.8. The van der Waals surface area contributed by atoms with Gasteiger partial charge >= 0.3 is 39.5 Å². The molecule has 3 N–H and O–H groups in total. The molecule has 0 fully saturated rings. The Morgan fingerprint density at radius 1 is 0.296 bits per heavy atom. The van der Waals surface area contributed by atoms with Crippen molar-refractivity contribution in [1.29, 1.82) is 0 Å². The van der Waals surface area contributed by atoms with Crippen LogP contribution in [0.1, 0.15) is 323 Å². The van der Waals surface area contributed by atoms with Crippen LogP contribution >= 0.6 is 15.6 Å². The molecule has 5 unspecified atom stereocenters. The molecule has 0 aromatic heterocycles. The number of ether oxygens (including phenoxy) is 4. The summed E-state index contributed by atoms with van der Waals surface area (Å²) in [5.41, 5.74) is 0. The van der Waals surface area contributed by atoms with Crippen LogP contribution in [-0.2, 0) is 65.4 Å². The molecule has 17 nitrogen and oxygen atoms in total. The molecule has 0 aromatic rings. The van der Waals surface area contributed by atoms with E-state index in [2.05, 4.69) is 113 Å². The molecule has 98 heavy (non-hydrogen) atoms. The van der Waals surface area contributed by atoms with Gasteiger partial charge in [0.05, 0.1) is 26.4 Å². The fourth-order valence-electron chi connectivity index (χ4n) is 10.2. The highest BCUT2D eigenvalue weighted by molar-refractivity contribution is 7.47. The minimum absolute atomic E-state index is 0.0731. The first-order valence-corrected chi connectivity index (χ1v) is 41.5. The standard InChI is InChI=1S/C79H138O17P2/c1-5-9-13-17-21-25-29-32-35-36-39-41-45-48-52-56-60-64-77(82)90-70-75(96-79(84)66-62-58-54-50-46-42-38-34-31-27-23-19-15-11-7-3)72-94-98(87,88)92-68-73(80)67-91-97(85,86)93-71-74(95-78(83)65-61-57-53-49-43-28-24-20-16-12-8-4)69-89-76(81)63-59-55-51-47-44-40-37-33-30-26-22-18-14-10-6-2/h9,13,21-22,25-26,32-35,37-39,41,48,52,73-75,80H,5-8,10-12,14-20,23-24,27-31,36,40,42-47,49-51,53-72H2,1-4H3,(H,85,86)(H,87,88)/b13-9-,25-21-,26-22-,35-32-,37-33-,38-34-,41-39-,52-48-. The minimum atomic E-state index is -4.99. The molecule has 0 aliphatic carbocycles. The van der Waals surface area contributed by atoms with E-state index in [1.54, 1.807) is 0 Å². The molecule has 0 spiro atoms. The van der Waals surface area contributed by atoms with E-state index in [9.17, 15) is 43.2 Å². The number of hydrogen-bond acceptors (Lipinski definition) is 15. The molecule has 0 bridgehead atoms. The van der Waals surface area contributed by atoms with Crippen molar-refractivity contribution in [3.63, 3.8) is 0 Å². The average molecular weight is 1420 g/mol. The predicted molar refractivity (Wildman–Crippen MR) is 399 cm³/mol. The quantitative estimate of drug-likeness (QED) is 0.0169. The highest BCUT2D eigenvalue weighted by atomic mass is 31.2. The van der Waals surface area contributed by atoms with E-state index < -0.39 is 97.5 Å². The smallest absolute Gasteiger partial charge is 0.462 e. The number of unbranched alkanes of at least 4 members (excludes halogenated alkanes) is 30. The van der Waals surface area contributed by atoms with Crippen LogP contribution in [0.15, 0.2) is 97.2 Å². The first-order valence-electron chi connectivity index (χ1n) is 38.5. The second kappa shape index (κ2) is 71.4. The van der Waals surface area contributed by atoms with Gasteiger partial charge in [-0.1, -0.05) is 273 Å². The Labute approximate surface area is 595 Å². The molecule has 0 aliphatic rings. The third-order valence-electron chi connectivity index (χ3n) is 16.0. The summed E-state index contributed by atoms with van der Waals surface area (Å²) in [5, 5.41) is 10.6. The zero-order valence-corrected chi connectivity index (χ0v) is 63.5. The van der Waals surface area contributed by atoms with Gasteiger partial charge < -0.3 is 33.8 Å². The highest BCUT2D eigenvalue weighted by Crippen LogP contribution is 2.45. The van der Waals surface area contributed by atoms with E-state index in [0.29, 0.717) is 32.1 Å². The number of esters is 4. The summed E-state index contributed by atoms with van der Waals surface area (Å²) < 4.78 is 68.4. The Kier molecular flexibility index (Phi) is 68.4. The third kappa shape index (κ3) is 70.4. The number of aliphatic hydroxyl groups excluding tert-OH is 1. The maximum Gasteiger partial charge on any atom is 0.472 e. The largest absolute Gasteiger partial charge is 0.472 e. The van der Waals surface area contributed by atoms with Crippen molar-refractivity contribution in [3.8, 4) is 0 Å². The molecule has 19 heteroatoms. The van der Waals surface area contributed by atoms with Gasteiger partial charge in [0, 0.05) is 25.7 Å². The van der Waals surface area contributed by atoms with Crippen LogP contribution in [0.4, 0.5) is 0 Å². The lowest BCUT2D eigenvalue weighted by Crippen LogP contribution is -2.30. The van der Waals surface area contributed by atoms with Gasteiger partial charge in [0.25, 0.3) is 0 Å². The maximum absolute atomic E-state index is 13.1. The van der Waals surface area contributed by atoms with E-state index in [-0.39, 0.29) is 25.7 Å². The second-order valence-electron chi connectivity index (χ2n) is 25.6. The Morgan fingerprint density at radius 3 is 0.888 bits per heavy atom. The lowest BCUT2D eigenvalue weighted by molar-refractivity contribution is -0.161. The normalized spacial score (nSPS) is 14.5. The number of rotatable bonds is 72. The Bertz CT molecular complexity index is 2240. The molecular formula is C79H138O17P2. The van der Waals surface area contributed by atoms with Crippen molar-refractivity contribution in [1.82, 2.24) is 0 Å². The summed E-state index contributed by atoms with van der Waals surface area (Å²) in [6, 6.07) is 0. The minimum Gasteiger partial charge on any atom is -0.462 e. The molecule has 0 rings (SSSR count). The number of phosphoric ester groups is 2. The summed E-state index contributed by atoms with van der Waals surface area (Å²) >= 11 is 0. The fourth-order valence-corrected chi connectivity index (χ4v) is 11.7. The van der Waals surface area contributed by atoms with Gasteiger partial charge in [0.2, 0.25) is 0 Å². The summed E-state index contributed by atoms with van der Waals surface area (Å²) in [5.74, 6) is -2.25. The van der Waals surface area contributed by atoms with Crippen molar-refractivity contribution >= 4 is 39.5 Å². The monoisotopic (exact) mass is 1420 g/mol. The maximum atomic E-state index is 13.1. The van der Waals surface area contributed by atoms with E-state index in [0.717, 1.165) is 141 Å². The summed E-state index contributed by atoms with van der Waals surface area (Å²) in [6.07, 6.45) is 74.0. The number of phosphoric acid groups is 2. The van der Waals surface area contributed by atoms with Gasteiger partial charge in [-0.15, -0.1) is 0 Å². The van der Waals surface area contributed by atoms with Crippen molar-refractivity contribution < 1.29 is 80.2 Å². The van der Waals surface area contributed by atoms with Crippen LogP contribution in [0, 0.1) is 0 Å².